The second-order valence-electron chi connectivity index (χ2n) is 6.55. The fourth-order valence-electron chi connectivity index (χ4n) is 3.16. The number of aromatic nitrogens is 2. The van der Waals surface area contributed by atoms with Crippen molar-refractivity contribution in [3.63, 3.8) is 0 Å². The number of amides is 2. The number of anilines is 1. The minimum atomic E-state index is -2.83. The van der Waals surface area contributed by atoms with Crippen molar-refractivity contribution in [2.45, 2.75) is 26.0 Å². The molecule has 4 rings (SSSR count). The lowest BCUT2D eigenvalue weighted by Gasteiger charge is -2.27. The molecule has 3 aromatic rings. The van der Waals surface area contributed by atoms with Gasteiger partial charge in [-0.1, -0.05) is 12.1 Å². The van der Waals surface area contributed by atoms with Crippen LogP contribution in [0.1, 0.15) is 35.6 Å². The summed E-state index contributed by atoms with van der Waals surface area (Å²) in [4.78, 5) is 39.8. The molecular weight excluding hydrogens is 398 g/mol. The van der Waals surface area contributed by atoms with Crippen LogP contribution in [0.15, 0.2) is 48.5 Å². The van der Waals surface area contributed by atoms with Crippen LogP contribution in [0.4, 0.5) is 14.5 Å². The average molecular weight is 414 g/mol. The Hall–Kier alpha value is -3.82. The Bertz CT molecular complexity index is 1130. The highest BCUT2D eigenvalue weighted by Gasteiger charge is 2.24. The third-order valence-corrected chi connectivity index (χ3v) is 4.61. The highest BCUT2D eigenvalue weighted by molar-refractivity contribution is 6.01. The number of imidazole rings is 1. The molecule has 2 amide bonds. The molecule has 0 spiro atoms. The van der Waals surface area contributed by atoms with Crippen molar-refractivity contribution in [3.05, 3.63) is 59.9 Å². The summed E-state index contributed by atoms with van der Waals surface area (Å²) in [5, 5.41) is 1.12. The first-order valence-corrected chi connectivity index (χ1v) is 9.07. The van der Waals surface area contributed by atoms with Gasteiger partial charge in [0.2, 0.25) is 11.8 Å². The van der Waals surface area contributed by atoms with Gasteiger partial charge in [0.05, 0.1) is 22.3 Å². The number of rotatable bonds is 5. The number of esters is 1. The van der Waals surface area contributed by atoms with Crippen LogP contribution in [0, 0.1) is 0 Å². The predicted octanol–water partition coefficient (Wildman–Crippen LogP) is 2.95. The number of carbonyl (C=O) groups excluding carboxylic acids is 3. The number of ether oxygens (including phenoxy) is 1. The molecule has 30 heavy (non-hydrogen) atoms. The summed E-state index contributed by atoms with van der Waals surface area (Å²) in [5.74, 6) is -1.35. The van der Waals surface area contributed by atoms with Crippen molar-refractivity contribution in [2.75, 3.05) is 5.01 Å². The number of para-hydroxylation sites is 2. The average Bonchev–Trinajstić information content (AvgIpc) is 3.12. The van der Waals surface area contributed by atoms with Crippen LogP contribution >= 0.6 is 0 Å². The van der Waals surface area contributed by atoms with E-state index < -0.39 is 19.1 Å². The summed E-state index contributed by atoms with van der Waals surface area (Å²) in [7, 11) is 0. The molecule has 0 saturated carbocycles. The van der Waals surface area contributed by atoms with E-state index in [1.54, 1.807) is 18.2 Å². The van der Waals surface area contributed by atoms with Crippen LogP contribution in [0.5, 0.6) is 0 Å². The molecule has 1 N–H and O–H groups in total. The number of hydrogen-bond donors (Lipinski definition) is 1. The summed E-state index contributed by atoms with van der Waals surface area (Å²) in [6.45, 7) is -3.26. The predicted molar refractivity (Wildman–Crippen MR) is 101 cm³/mol. The van der Waals surface area contributed by atoms with Gasteiger partial charge in [0.25, 0.3) is 0 Å². The van der Waals surface area contributed by atoms with Crippen LogP contribution in [0.2, 0.25) is 0 Å². The Morgan fingerprint density at radius 3 is 2.57 bits per heavy atom. The van der Waals surface area contributed by atoms with Crippen molar-refractivity contribution >= 4 is 34.5 Å². The van der Waals surface area contributed by atoms with Crippen molar-refractivity contribution < 1.29 is 27.9 Å². The van der Waals surface area contributed by atoms with Crippen LogP contribution < -0.4 is 10.4 Å². The molecule has 1 aromatic heterocycles. The Morgan fingerprint density at radius 1 is 1.10 bits per heavy atom. The van der Waals surface area contributed by atoms with Crippen LogP contribution in [-0.4, -0.2) is 27.3 Å². The molecule has 1 fully saturated rings. The van der Waals surface area contributed by atoms with E-state index in [0.717, 1.165) is 9.58 Å². The number of nitrogens with one attached hydrogen (secondary N) is 1. The van der Waals surface area contributed by atoms with Gasteiger partial charge in [0, 0.05) is 12.8 Å². The van der Waals surface area contributed by atoms with Gasteiger partial charge in [0.15, 0.2) is 5.82 Å². The molecule has 2 aromatic carbocycles. The number of carbonyl (C=O) groups is 3. The lowest BCUT2D eigenvalue weighted by atomic mass is 10.2. The van der Waals surface area contributed by atoms with E-state index in [4.69, 9.17) is 4.74 Å². The van der Waals surface area contributed by atoms with Gasteiger partial charge < -0.3 is 4.74 Å². The van der Waals surface area contributed by atoms with Crippen LogP contribution in [0.25, 0.3) is 11.0 Å². The number of nitrogens with zero attached hydrogens (tertiary/aromatic N) is 3. The molecule has 8 nitrogen and oxygen atoms in total. The Kier molecular flexibility index (Phi) is 5.13. The second kappa shape index (κ2) is 7.90. The first-order chi connectivity index (χ1) is 14.4. The third kappa shape index (κ3) is 3.71. The molecule has 0 aliphatic carbocycles. The van der Waals surface area contributed by atoms with Crippen molar-refractivity contribution in [1.29, 1.82) is 0 Å². The van der Waals surface area contributed by atoms with Crippen molar-refractivity contribution in [3.8, 4) is 0 Å². The minimum Gasteiger partial charge on any atom is -0.454 e. The highest BCUT2D eigenvalue weighted by Crippen LogP contribution is 2.24. The maximum Gasteiger partial charge on any atom is 0.338 e. The molecule has 1 aliphatic heterocycles. The molecule has 0 atom stereocenters. The first-order valence-electron chi connectivity index (χ1n) is 9.07. The summed E-state index contributed by atoms with van der Waals surface area (Å²) in [6.07, 6.45) is 0.226. The summed E-state index contributed by atoms with van der Waals surface area (Å²) < 4.78 is 32.7. The lowest BCUT2D eigenvalue weighted by Crippen LogP contribution is -2.50. The number of hydrogen-bond acceptors (Lipinski definition) is 5. The molecule has 0 unspecified atom stereocenters. The molecule has 1 aliphatic rings. The first kappa shape index (κ1) is 19.5. The van der Waals surface area contributed by atoms with E-state index >= 15 is 0 Å². The largest absolute Gasteiger partial charge is 0.454 e. The van der Waals surface area contributed by atoms with E-state index in [0.29, 0.717) is 11.2 Å². The zero-order valence-corrected chi connectivity index (χ0v) is 15.5. The SMILES string of the molecule is O=C1CCC(=O)N(c2ccc(C(=O)OCc3nc4ccccc4n3C(F)F)cc2)N1. The molecule has 2 heterocycles. The topological polar surface area (TPSA) is 93.5 Å². The summed E-state index contributed by atoms with van der Waals surface area (Å²) in [5.41, 5.74) is 3.63. The molecular formula is C20H16F2N4O4. The number of halogens is 2. The highest BCUT2D eigenvalue weighted by atomic mass is 19.3. The van der Waals surface area contributed by atoms with Gasteiger partial charge in [-0.15, -0.1) is 0 Å². The van der Waals surface area contributed by atoms with Gasteiger partial charge in [-0.3, -0.25) is 19.6 Å². The maximum atomic E-state index is 13.4. The summed E-state index contributed by atoms with van der Waals surface area (Å²) in [6, 6.07) is 12.2. The maximum absolute atomic E-state index is 13.4. The quantitative estimate of drug-likeness (QED) is 0.648. The van der Waals surface area contributed by atoms with Crippen LogP contribution in [-0.2, 0) is 20.9 Å². The molecule has 154 valence electrons. The van der Waals surface area contributed by atoms with Gasteiger partial charge >= 0.3 is 12.5 Å². The molecule has 10 heteroatoms. The number of fused-ring (bicyclic) bond motifs is 1. The lowest BCUT2D eigenvalue weighted by molar-refractivity contribution is -0.130. The van der Waals surface area contributed by atoms with Crippen molar-refractivity contribution in [2.24, 2.45) is 0 Å². The number of hydrazine groups is 1. The van der Waals surface area contributed by atoms with Crippen molar-refractivity contribution in [1.82, 2.24) is 15.0 Å². The third-order valence-electron chi connectivity index (χ3n) is 4.61. The van der Waals surface area contributed by atoms with E-state index in [1.807, 2.05) is 0 Å². The van der Waals surface area contributed by atoms with Crippen LogP contribution in [0.3, 0.4) is 0 Å². The van der Waals surface area contributed by atoms with E-state index in [9.17, 15) is 23.2 Å². The standard InChI is InChI=1S/C20H16F2N4O4/c21-20(22)25-15-4-2-1-3-14(15)23-16(25)11-30-19(29)12-5-7-13(8-6-12)26-18(28)10-9-17(27)24-26/h1-8,20H,9-11H2,(H,24,27). The normalized spacial score (nSPS) is 14.3. The van der Waals surface area contributed by atoms with Gasteiger partial charge in [-0.05, 0) is 36.4 Å². The number of alkyl halides is 2. The van der Waals surface area contributed by atoms with E-state index in [2.05, 4.69) is 10.4 Å². The fourth-order valence-corrected chi connectivity index (χ4v) is 3.16. The molecule has 1 saturated heterocycles. The number of benzene rings is 2. The van der Waals surface area contributed by atoms with Gasteiger partial charge in [-0.25, -0.2) is 14.8 Å². The van der Waals surface area contributed by atoms with Gasteiger partial charge in [-0.2, -0.15) is 8.78 Å². The monoisotopic (exact) mass is 414 g/mol. The van der Waals surface area contributed by atoms with E-state index in [-0.39, 0.29) is 41.6 Å². The Labute approximate surface area is 169 Å². The fraction of sp³-hybridized carbons (Fsp3) is 0.200. The molecule has 0 bridgehead atoms. The Morgan fingerprint density at radius 2 is 1.83 bits per heavy atom. The van der Waals surface area contributed by atoms with Gasteiger partial charge in [0.1, 0.15) is 6.61 Å². The summed E-state index contributed by atoms with van der Waals surface area (Å²) >= 11 is 0. The Balaban J connectivity index is 1.47. The zero-order valence-electron chi connectivity index (χ0n) is 15.5. The minimum absolute atomic E-state index is 0.0715. The second-order valence-corrected chi connectivity index (χ2v) is 6.55. The smallest absolute Gasteiger partial charge is 0.338 e. The van der Waals surface area contributed by atoms with E-state index in [1.165, 1.54) is 30.3 Å². The zero-order chi connectivity index (χ0) is 21.3. The molecule has 0 radical (unpaired) electrons.